The van der Waals surface area contributed by atoms with Crippen molar-refractivity contribution in [2.45, 2.75) is 44.0 Å². The Kier molecular flexibility index (Phi) is 7.68. The van der Waals surface area contributed by atoms with Gasteiger partial charge in [0.2, 0.25) is 10.0 Å². The lowest BCUT2D eigenvalue weighted by molar-refractivity contribution is 0.0950. The fourth-order valence-corrected chi connectivity index (χ4v) is 5.66. The van der Waals surface area contributed by atoms with E-state index in [1.165, 1.54) is 0 Å². The highest BCUT2D eigenvalue weighted by molar-refractivity contribution is 7.89. The van der Waals surface area contributed by atoms with Crippen LogP contribution in [0.4, 0.5) is 0 Å². The van der Waals surface area contributed by atoms with E-state index in [9.17, 15) is 13.2 Å². The molecule has 3 unspecified atom stereocenters. The maximum atomic E-state index is 12.9. The van der Waals surface area contributed by atoms with Crippen molar-refractivity contribution in [3.05, 3.63) is 29.8 Å². The van der Waals surface area contributed by atoms with Crippen LogP contribution in [0.2, 0.25) is 0 Å². The Morgan fingerprint density at radius 3 is 2.37 bits per heavy atom. The summed E-state index contributed by atoms with van der Waals surface area (Å²) in [7, 11) is -3.50. The predicted octanol–water partition coefficient (Wildman–Crippen LogP) is 2.26. The molecule has 2 fully saturated rings. The van der Waals surface area contributed by atoms with Crippen LogP contribution in [0.5, 0.6) is 0 Å². The number of sulfonamides is 1. The lowest BCUT2D eigenvalue weighted by atomic mass is 9.94. The molecule has 0 bridgehead atoms. The van der Waals surface area contributed by atoms with Gasteiger partial charge in [-0.15, -0.1) is 12.4 Å². The van der Waals surface area contributed by atoms with Gasteiger partial charge in [0.05, 0.1) is 4.90 Å². The number of hydrogen-bond donors (Lipinski definition) is 2. The monoisotopic (exact) mass is 415 g/mol. The van der Waals surface area contributed by atoms with Crippen LogP contribution in [0.1, 0.15) is 43.5 Å². The van der Waals surface area contributed by atoms with E-state index in [2.05, 4.69) is 24.5 Å². The number of nitrogens with one attached hydrogen (secondary N) is 2. The Labute approximate surface area is 168 Å². The largest absolute Gasteiger partial charge is 0.350 e. The van der Waals surface area contributed by atoms with Crippen LogP contribution < -0.4 is 10.6 Å². The van der Waals surface area contributed by atoms with Crippen molar-refractivity contribution in [2.24, 2.45) is 11.8 Å². The molecule has 27 heavy (non-hydrogen) atoms. The summed E-state index contributed by atoms with van der Waals surface area (Å²) in [6.45, 7) is 6.89. The lowest BCUT2D eigenvalue weighted by Crippen LogP contribution is -2.42. The van der Waals surface area contributed by atoms with Gasteiger partial charge in [-0.05, 0) is 61.9 Å². The number of nitrogens with zero attached hydrogens (tertiary/aromatic N) is 1. The van der Waals surface area contributed by atoms with Crippen LogP contribution in [0.25, 0.3) is 0 Å². The molecule has 0 aromatic heterocycles. The second-order valence-electron chi connectivity index (χ2n) is 7.80. The Balaban J connectivity index is 0.00000261. The molecule has 1 amide bonds. The highest BCUT2D eigenvalue weighted by atomic mass is 35.5. The minimum Gasteiger partial charge on any atom is -0.350 e. The van der Waals surface area contributed by atoms with Gasteiger partial charge in [-0.1, -0.05) is 13.8 Å². The van der Waals surface area contributed by atoms with Gasteiger partial charge < -0.3 is 10.6 Å². The molecule has 2 heterocycles. The number of carbonyl (C=O) groups is 1. The molecule has 2 aliphatic rings. The topological polar surface area (TPSA) is 78.5 Å². The normalized spacial score (nSPS) is 26.4. The van der Waals surface area contributed by atoms with Crippen LogP contribution in [0.15, 0.2) is 29.2 Å². The van der Waals surface area contributed by atoms with Crippen LogP contribution in [0, 0.1) is 11.8 Å². The fourth-order valence-electron chi connectivity index (χ4n) is 3.98. The molecule has 2 saturated heterocycles. The molecular formula is C19H30ClN3O3S. The number of halogens is 1. The van der Waals surface area contributed by atoms with E-state index >= 15 is 0 Å². The second-order valence-corrected chi connectivity index (χ2v) is 9.73. The quantitative estimate of drug-likeness (QED) is 0.773. The van der Waals surface area contributed by atoms with Crippen molar-refractivity contribution in [1.82, 2.24) is 14.9 Å². The van der Waals surface area contributed by atoms with Crippen molar-refractivity contribution in [1.29, 1.82) is 0 Å². The van der Waals surface area contributed by atoms with Gasteiger partial charge in [-0.25, -0.2) is 8.42 Å². The Morgan fingerprint density at radius 1 is 1.19 bits per heavy atom. The molecule has 3 atom stereocenters. The molecule has 6 nitrogen and oxygen atoms in total. The van der Waals surface area contributed by atoms with Gasteiger partial charge in [0.15, 0.2) is 0 Å². The smallest absolute Gasteiger partial charge is 0.251 e. The maximum Gasteiger partial charge on any atom is 0.251 e. The summed E-state index contributed by atoms with van der Waals surface area (Å²) in [6.07, 6.45) is 3.27. The van der Waals surface area contributed by atoms with E-state index in [-0.39, 0.29) is 23.2 Å². The van der Waals surface area contributed by atoms with Crippen LogP contribution in [-0.2, 0) is 10.0 Å². The number of piperidine rings is 1. The lowest BCUT2D eigenvalue weighted by Gasteiger charge is -2.34. The first kappa shape index (κ1) is 22.1. The number of carbonyl (C=O) groups excluding carboxylic acids is 1. The van der Waals surface area contributed by atoms with Crippen LogP contribution in [0.3, 0.4) is 0 Å². The Hall–Kier alpha value is -1.15. The zero-order chi connectivity index (χ0) is 18.7. The molecule has 2 N–H and O–H groups in total. The second kappa shape index (κ2) is 9.37. The Bertz CT molecular complexity index is 723. The van der Waals surface area contributed by atoms with E-state index in [0.717, 1.165) is 25.8 Å². The average molecular weight is 416 g/mol. The third-order valence-corrected chi connectivity index (χ3v) is 7.11. The first-order valence-electron chi connectivity index (χ1n) is 9.48. The first-order chi connectivity index (χ1) is 12.4. The maximum absolute atomic E-state index is 12.9. The van der Waals surface area contributed by atoms with Gasteiger partial charge in [0.1, 0.15) is 0 Å². The number of rotatable bonds is 5. The summed E-state index contributed by atoms with van der Waals surface area (Å²) in [6, 6.07) is 6.62. The summed E-state index contributed by atoms with van der Waals surface area (Å²) in [5, 5.41) is 6.25. The van der Waals surface area contributed by atoms with E-state index in [1.54, 1.807) is 28.6 Å². The van der Waals surface area contributed by atoms with Crippen molar-refractivity contribution in [3.8, 4) is 0 Å². The minimum atomic E-state index is -3.50. The number of hydrogen-bond acceptors (Lipinski definition) is 4. The summed E-state index contributed by atoms with van der Waals surface area (Å²) in [4.78, 5) is 12.5. The molecule has 3 rings (SSSR count). The SMILES string of the molecule is CC1CC(C)CN(S(=O)(=O)c2ccc(C(=O)NCC3CCCN3)cc2)C1.Cl. The molecule has 0 spiro atoms. The van der Waals surface area contributed by atoms with Crippen molar-refractivity contribution in [3.63, 3.8) is 0 Å². The highest BCUT2D eigenvalue weighted by Gasteiger charge is 2.31. The van der Waals surface area contributed by atoms with Gasteiger partial charge in [0, 0.05) is 31.2 Å². The van der Waals surface area contributed by atoms with E-state index in [0.29, 0.717) is 43.1 Å². The molecule has 0 radical (unpaired) electrons. The molecule has 2 aliphatic heterocycles. The van der Waals surface area contributed by atoms with Crippen molar-refractivity contribution < 1.29 is 13.2 Å². The minimum absolute atomic E-state index is 0. The fraction of sp³-hybridized carbons (Fsp3) is 0.632. The molecule has 1 aromatic rings. The molecule has 0 aliphatic carbocycles. The third kappa shape index (κ3) is 5.44. The average Bonchev–Trinajstić information content (AvgIpc) is 3.12. The number of benzene rings is 1. The molecular weight excluding hydrogens is 386 g/mol. The predicted molar refractivity (Wildman–Crippen MR) is 109 cm³/mol. The summed E-state index contributed by atoms with van der Waals surface area (Å²) < 4.78 is 27.3. The standard InChI is InChI=1S/C19H29N3O3S.ClH/c1-14-10-15(2)13-22(12-14)26(24,25)18-7-5-16(6-8-18)19(23)21-11-17-4-3-9-20-17;/h5-8,14-15,17,20H,3-4,9-13H2,1-2H3,(H,21,23);1H. The van der Waals surface area contributed by atoms with Gasteiger partial charge >= 0.3 is 0 Å². The van der Waals surface area contributed by atoms with E-state index in [1.807, 2.05) is 0 Å². The summed E-state index contributed by atoms with van der Waals surface area (Å²) in [5.41, 5.74) is 0.488. The number of amides is 1. The van der Waals surface area contributed by atoms with Gasteiger partial charge in [-0.2, -0.15) is 4.31 Å². The molecule has 152 valence electrons. The van der Waals surface area contributed by atoms with Gasteiger partial charge in [-0.3, -0.25) is 4.79 Å². The summed E-state index contributed by atoms with van der Waals surface area (Å²) in [5.74, 6) is 0.563. The van der Waals surface area contributed by atoms with E-state index < -0.39 is 10.0 Å². The first-order valence-corrected chi connectivity index (χ1v) is 10.9. The molecule has 1 aromatic carbocycles. The van der Waals surface area contributed by atoms with Crippen LogP contribution >= 0.6 is 12.4 Å². The van der Waals surface area contributed by atoms with E-state index in [4.69, 9.17) is 0 Å². The van der Waals surface area contributed by atoms with Crippen molar-refractivity contribution >= 4 is 28.3 Å². The zero-order valence-electron chi connectivity index (χ0n) is 16.0. The molecule has 8 heteroatoms. The van der Waals surface area contributed by atoms with Gasteiger partial charge in [0.25, 0.3) is 5.91 Å². The highest BCUT2D eigenvalue weighted by Crippen LogP contribution is 2.26. The zero-order valence-corrected chi connectivity index (χ0v) is 17.6. The molecule has 0 saturated carbocycles. The summed E-state index contributed by atoms with van der Waals surface area (Å²) >= 11 is 0. The third-order valence-electron chi connectivity index (χ3n) is 5.26. The van der Waals surface area contributed by atoms with Crippen molar-refractivity contribution in [2.75, 3.05) is 26.2 Å². The van der Waals surface area contributed by atoms with Crippen LogP contribution in [-0.4, -0.2) is 50.9 Å². The Morgan fingerprint density at radius 2 is 1.81 bits per heavy atom.